The van der Waals surface area contributed by atoms with Gasteiger partial charge in [-0.15, -0.1) is 0 Å². The maximum absolute atomic E-state index is 5.50. The Morgan fingerprint density at radius 2 is 2.00 bits per heavy atom. The van der Waals surface area contributed by atoms with Gasteiger partial charge in [-0.3, -0.25) is 9.88 Å². The average molecular weight is 354 g/mol. The SMILES string of the molecule is CCCc1cc(N2CCCC(CN3CCOCC3)C2)c2ccccc2n1. The molecule has 1 unspecified atom stereocenters. The fraction of sp³-hybridized carbons (Fsp3) is 0.591. The number of pyridine rings is 1. The van der Waals surface area contributed by atoms with Gasteiger partial charge in [-0.1, -0.05) is 31.5 Å². The third-order valence-electron chi connectivity index (χ3n) is 5.73. The lowest BCUT2D eigenvalue weighted by Gasteiger charge is -2.38. The molecule has 2 aromatic rings. The molecule has 0 amide bonds. The van der Waals surface area contributed by atoms with E-state index < -0.39 is 0 Å². The Hall–Kier alpha value is -1.65. The van der Waals surface area contributed by atoms with E-state index >= 15 is 0 Å². The smallest absolute Gasteiger partial charge is 0.0726 e. The van der Waals surface area contributed by atoms with Gasteiger partial charge in [-0.05, 0) is 37.3 Å². The van der Waals surface area contributed by atoms with Gasteiger partial charge in [0.2, 0.25) is 0 Å². The van der Waals surface area contributed by atoms with Crippen molar-refractivity contribution >= 4 is 16.6 Å². The Kier molecular flexibility index (Phi) is 5.71. The Morgan fingerprint density at radius 3 is 2.85 bits per heavy atom. The number of aryl methyl sites for hydroxylation is 1. The first-order valence-electron chi connectivity index (χ1n) is 10.3. The number of fused-ring (bicyclic) bond motifs is 1. The summed E-state index contributed by atoms with van der Waals surface area (Å²) in [7, 11) is 0. The van der Waals surface area contributed by atoms with Gasteiger partial charge in [0, 0.05) is 49.5 Å². The molecule has 0 N–H and O–H groups in total. The van der Waals surface area contributed by atoms with E-state index in [0.717, 1.165) is 57.1 Å². The highest BCUT2D eigenvalue weighted by Gasteiger charge is 2.24. The molecule has 2 aliphatic heterocycles. The highest BCUT2D eigenvalue weighted by Crippen LogP contribution is 2.31. The number of piperidine rings is 1. The second-order valence-corrected chi connectivity index (χ2v) is 7.77. The van der Waals surface area contributed by atoms with Crippen molar-refractivity contribution in [2.45, 2.75) is 32.6 Å². The van der Waals surface area contributed by atoms with E-state index in [1.807, 2.05) is 0 Å². The summed E-state index contributed by atoms with van der Waals surface area (Å²) in [6, 6.07) is 11.0. The first-order chi connectivity index (χ1) is 12.8. The van der Waals surface area contributed by atoms with E-state index in [1.165, 1.54) is 42.7 Å². The van der Waals surface area contributed by atoms with Gasteiger partial charge >= 0.3 is 0 Å². The Morgan fingerprint density at radius 1 is 1.15 bits per heavy atom. The van der Waals surface area contributed by atoms with Gasteiger partial charge in [0.1, 0.15) is 0 Å². The number of nitrogens with zero attached hydrogens (tertiary/aromatic N) is 3. The molecule has 0 radical (unpaired) electrons. The minimum absolute atomic E-state index is 0.753. The molecule has 3 heterocycles. The number of hydrogen-bond donors (Lipinski definition) is 0. The Bertz CT molecular complexity index is 726. The maximum Gasteiger partial charge on any atom is 0.0726 e. The third kappa shape index (κ3) is 4.02. The van der Waals surface area contributed by atoms with E-state index in [4.69, 9.17) is 9.72 Å². The monoisotopic (exact) mass is 353 g/mol. The highest BCUT2D eigenvalue weighted by molar-refractivity contribution is 5.92. The molecule has 1 aromatic heterocycles. The van der Waals surface area contributed by atoms with Crippen LogP contribution in [0, 0.1) is 5.92 Å². The van der Waals surface area contributed by atoms with Gasteiger partial charge in [-0.2, -0.15) is 0 Å². The Balaban J connectivity index is 1.55. The van der Waals surface area contributed by atoms with Crippen molar-refractivity contribution in [2.24, 2.45) is 5.92 Å². The molecule has 4 nitrogen and oxygen atoms in total. The van der Waals surface area contributed by atoms with Crippen LogP contribution in [0.4, 0.5) is 5.69 Å². The molecule has 1 atom stereocenters. The standard InChI is InChI=1S/C22H31N3O/c1-2-6-19-15-22(20-8-3-4-9-21(20)23-19)25-10-5-7-18(17-25)16-24-11-13-26-14-12-24/h3-4,8-9,15,18H,2,5-7,10-14,16-17H2,1H3. The van der Waals surface area contributed by atoms with E-state index in [1.54, 1.807) is 0 Å². The second kappa shape index (κ2) is 8.36. The van der Waals surface area contributed by atoms with Crippen LogP contribution in [0.15, 0.2) is 30.3 Å². The van der Waals surface area contributed by atoms with Crippen molar-refractivity contribution in [3.05, 3.63) is 36.0 Å². The molecule has 4 heteroatoms. The van der Waals surface area contributed by atoms with Crippen molar-refractivity contribution in [1.29, 1.82) is 0 Å². The molecule has 26 heavy (non-hydrogen) atoms. The molecular formula is C22H31N3O. The molecule has 2 aliphatic rings. The summed E-state index contributed by atoms with van der Waals surface area (Å²) in [5.41, 5.74) is 3.77. The maximum atomic E-state index is 5.50. The molecule has 2 fully saturated rings. The molecule has 0 spiro atoms. The largest absolute Gasteiger partial charge is 0.379 e. The number of benzene rings is 1. The van der Waals surface area contributed by atoms with E-state index in [-0.39, 0.29) is 0 Å². The van der Waals surface area contributed by atoms with Crippen LogP contribution in [0.2, 0.25) is 0 Å². The van der Waals surface area contributed by atoms with Crippen LogP contribution in [0.3, 0.4) is 0 Å². The number of hydrogen-bond acceptors (Lipinski definition) is 4. The lowest BCUT2D eigenvalue weighted by Crippen LogP contribution is -2.44. The topological polar surface area (TPSA) is 28.6 Å². The molecule has 1 aromatic carbocycles. The van der Waals surface area contributed by atoms with Gasteiger partial charge in [0.25, 0.3) is 0 Å². The summed E-state index contributed by atoms with van der Waals surface area (Å²) in [4.78, 5) is 10.1. The number of ether oxygens (including phenoxy) is 1. The van der Waals surface area contributed by atoms with Crippen LogP contribution in [0.5, 0.6) is 0 Å². The Labute approximate surface area is 157 Å². The van der Waals surface area contributed by atoms with Crippen molar-refractivity contribution in [3.8, 4) is 0 Å². The number of aromatic nitrogens is 1. The predicted octanol–water partition coefficient (Wildman–Crippen LogP) is 3.74. The fourth-order valence-electron chi connectivity index (χ4n) is 4.44. The highest BCUT2D eigenvalue weighted by atomic mass is 16.5. The van der Waals surface area contributed by atoms with E-state index in [2.05, 4.69) is 47.1 Å². The van der Waals surface area contributed by atoms with Crippen molar-refractivity contribution < 1.29 is 4.74 Å². The van der Waals surface area contributed by atoms with Crippen molar-refractivity contribution in [1.82, 2.24) is 9.88 Å². The molecular weight excluding hydrogens is 322 g/mol. The quantitative estimate of drug-likeness (QED) is 0.819. The minimum Gasteiger partial charge on any atom is -0.379 e. The summed E-state index contributed by atoms with van der Waals surface area (Å²) >= 11 is 0. The van der Waals surface area contributed by atoms with Crippen molar-refractivity contribution in [2.75, 3.05) is 50.8 Å². The zero-order valence-electron chi connectivity index (χ0n) is 16.0. The molecule has 2 saturated heterocycles. The van der Waals surface area contributed by atoms with Crippen molar-refractivity contribution in [3.63, 3.8) is 0 Å². The first kappa shape index (κ1) is 17.7. The van der Waals surface area contributed by atoms with Gasteiger partial charge in [0.05, 0.1) is 18.7 Å². The van der Waals surface area contributed by atoms with Crippen LogP contribution in [-0.2, 0) is 11.2 Å². The fourth-order valence-corrected chi connectivity index (χ4v) is 4.44. The van der Waals surface area contributed by atoms with E-state index in [0.29, 0.717) is 0 Å². The molecule has 4 rings (SSSR count). The van der Waals surface area contributed by atoms with Gasteiger partial charge < -0.3 is 9.64 Å². The summed E-state index contributed by atoms with van der Waals surface area (Å²) in [6.45, 7) is 9.75. The summed E-state index contributed by atoms with van der Waals surface area (Å²) in [6.07, 6.45) is 4.83. The lowest BCUT2D eigenvalue weighted by atomic mass is 9.96. The molecule has 140 valence electrons. The normalized spacial score (nSPS) is 22.0. The molecule has 0 aliphatic carbocycles. The summed E-state index contributed by atoms with van der Waals surface area (Å²) in [5, 5.41) is 1.30. The predicted molar refractivity (Wildman–Crippen MR) is 108 cm³/mol. The van der Waals surface area contributed by atoms with Crippen LogP contribution in [-0.4, -0.2) is 55.8 Å². The average Bonchev–Trinajstić information content (AvgIpc) is 2.69. The zero-order chi connectivity index (χ0) is 17.8. The van der Waals surface area contributed by atoms with E-state index in [9.17, 15) is 0 Å². The molecule has 0 bridgehead atoms. The number of morpholine rings is 1. The van der Waals surface area contributed by atoms with Crippen LogP contribution >= 0.6 is 0 Å². The zero-order valence-corrected chi connectivity index (χ0v) is 16.0. The number of rotatable bonds is 5. The van der Waals surface area contributed by atoms with Crippen LogP contribution in [0.1, 0.15) is 31.9 Å². The summed E-state index contributed by atoms with van der Waals surface area (Å²) in [5.74, 6) is 0.753. The second-order valence-electron chi connectivity index (χ2n) is 7.77. The van der Waals surface area contributed by atoms with Gasteiger partial charge in [-0.25, -0.2) is 0 Å². The first-order valence-corrected chi connectivity index (χ1v) is 10.3. The molecule has 0 saturated carbocycles. The summed E-state index contributed by atoms with van der Waals surface area (Å²) < 4.78 is 5.50. The van der Waals surface area contributed by atoms with Crippen LogP contribution in [0.25, 0.3) is 10.9 Å². The van der Waals surface area contributed by atoms with Crippen LogP contribution < -0.4 is 4.90 Å². The third-order valence-corrected chi connectivity index (χ3v) is 5.73. The van der Waals surface area contributed by atoms with Gasteiger partial charge in [0.15, 0.2) is 0 Å². The number of para-hydroxylation sites is 1. The lowest BCUT2D eigenvalue weighted by molar-refractivity contribution is 0.0296. The minimum atomic E-state index is 0.753. The number of anilines is 1.